The fourth-order valence-electron chi connectivity index (χ4n) is 3.31. The smallest absolute Gasteiger partial charge is 0.223 e. The van der Waals surface area contributed by atoms with Gasteiger partial charge >= 0.3 is 0 Å². The van der Waals surface area contributed by atoms with Gasteiger partial charge in [-0.05, 0) is 37.3 Å². The van der Waals surface area contributed by atoms with Gasteiger partial charge in [0.05, 0.1) is 0 Å². The molecule has 5 nitrogen and oxygen atoms in total. The van der Waals surface area contributed by atoms with Gasteiger partial charge in [-0.2, -0.15) is 0 Å². The highest BCUT2D eigenvalue weighted by atomic mass is 127. The molecular weight excluding hydrogens is 487 g/mol. The SMILES string of the molecule is CCNC(=NCC(Cc1ccccc1)c1ccccc1)NCCNC(=O)C1CC1.I. The van der Waals surface area contributed by atoms with Crippen LogP contribution in [0.2, 0.25) is 0 Å². The Bertz CT molecular complexity index is 778. The van der Waals surface area contributed by atoms with Crippen LogP contribution in [-0.4, -0.2) is 38.0 Å². The van der Waals surface area contributed by atoms with Crippen LogP contribution in [-0.2, 0) is 11.2 Å². The minimum atomic E-state index is 0. The molecule has 0 aromatic heterocycles. The van der Waals surface area contributed by atoms with Gasteiger partial charge in [0.2, 0.25) is 5.91 Å². The Hall–Kier alpha value is -2.09. The molecule has 0 radical (unpaired) electrons. The first-order valence-corrected chi connectivity index (χ1v) is 10.6. The molecule has 2 aromatic rings. The van der Waals surface area contributed by atoms with E-state index in [0.717, 1.165) is 31.8 Å². The maximum atomic E-state index is 11.7. The van der Waals surface area contributed by atoms with Crippen molar-refractivity contribution in [3.8, 4) is 0 Å². The zero-order valence-corrected chi connectivity index (χ0v) is 20.0. The maximum Gasteiger partial charge on any atom is 0.223 e. The molecule has 0 spiro atoms. The van der Waals surface area contributed by atoms with Crippen LogP contribution in [0.1, 0.15) is 36.8 Å². The van der Waals surface area contributed by atoms with E-state index in [1.807, 2.05) is 12.1 Å². The molecule has 1 aliphatic rings. The average molecular weight is 520 g/mol. The molecule has 0 heterocycles. The summed E-state index contributed by atoms with van der Waals surface area (Å²) in [5.74, 6) is 1.54. The second-order valence-electron chi connectivity index (χ2n) is 7.51. The van der Waals surface area contributed by atoms with Crippen molar-refractivity contribution in [2.75, 3.05) is 26.2 Å². The second kappa shape index (κ2) is 13.3. The van der Waals surface area contributed by atoms with Crippen LogP contribution in [0, 0.1) is 5.92 Å². The number of carbonyl (C=O) groups is 1. The van der Waals surface area contributed by atoms with E-state index >= 15 is 0 Å². The topological polar surface area (TPSA) is 65.5 Å². The van der Waals surface area contributed by atoms with Gasteiger partial charge in [-0.25, -0.2) is 0 Å². The fraction of sp³-hybridized carbons (Fsp3) is 0.417. The summed E-state index contributed by atoms with van der Waals surface area (Å²) in [5.41, 5.74) is 2.62. The quantitative estimate of drug-likeness (QED) is 0.194. The number of guanidine groups is 1. The highest BCUT2D eigenvalue weighted by Gasteiger charge is 2.28. The van der Waals surface area contributed by atoms with Gasteiger partial charge in [-0.15, -0.1) is 24.0 Å². The molecule has 0 saturated heterocycles. The van der Waals surface area contributed by atoms with Crippen LogP contribution in [0.25, 0.3) is 0 Å². The highest BCUT2D eigenvalue weighted by molar-refractivity contribution is 14.0. The van der Waals surface area contributed by atoms with E-state index in [4.69, 9.17) is 4.99 Å². The number of carbonyl (C=O) groups excluding carboxylic acids is 1. The summed E-state index contributed by atoms with van der Waals surface area (Å²) in [4.78, 5) is 16.6. The molecule has 1 unspecified atom stereocenters. The van der Waals surface area contributed by atoms with Crippen molar-refractivity contribution in [1.82, 2.24) is 16.0 Å². The summed E-state index contributed by atoms with van der Waals surface area (Å²) in [7, 11) is 0. The van der Waals surface area contributed by atoms with E-state index in [0.29, 0.717) is 25.6 Å². The molecule has 1 fully saturated rings. The normalized spacial score (nSPS) is 14.4. The summed E-state index contributed by atoms with van der Waals surface area (Å²) in [5, 5.41) is 9.61. The largest absolute Gasteiger partial charge is 0.357 e. The van der Waals surface area contributed by atoms with Crippen LogP contribution in [0.5, 0.6) is 0 Å². The number of amides is 1. The molecule has 1 amide bonds. The van der Waals surface area contributed by atoms with E-state index in [9.17, 15) is 4.79 Å². The number of benzene rings is 2. The lowest BCUT2D eigenvalue weighted by Gasteiger charge is -2.17. The van der Waals surface area contributed by atoms with E-state index < -0.39 is 0 Å². The zero-order chi connectivity index (χ0) is 20.3. The minimum Gasteiger partial charge on any atom is -0.357 e. The number of hydrogen-bond donors (Lipinski definition) is 3. The van der Waals surface area contributed by atoms with Crippen LogP contribution >= 0.6 is 24.0 Å². The Balaban J connectivity index is 0.00000320. The van der Waals surface area contributed by atoms with Crippen molar-refractivity contribution in [3.05, 3.63) is 71.8 Å². The molecule has 0 aliphatic heterocycles. The van der Waals surface area contributed by atoms with Crippen molar-refractivity contribution in [1.29, 1.82) is 0 Å². The van der Waals surface area contributed by atoms with Crippen molar-refractivity contribution >= 4 is 35.8 Å². The molecule has 30 heavy (non-hydrogen) atoms. The first-order valence-electron chi connectivity index (χ1n) is 10.6. The summed E-state index contributed by atoms with van der Waals surface area (Å²) >= 11 is 0. The predicted molar refractivity (Wildman–Crippen MR) is 134 cm³/mol. The molecule has 3 N–H and O–H groups in total. The van der Waals surface area contributed by atoms with Crippen molar-refractivity contribution in [3.63, 3.8) is 0 Å². The van der Waals surface area contributed by atoms with Crippen LogP contribution < -0.4 is 16.0 Å². The Labute approximate surface area is 197 Å². The van der Waals surface area contributed by atoms with Gasteiger partial charge in [0.15, 0.2) is 5.96 Å². The predicted octanol–water partition coefficient (Wildman–Crippen LogP) is 3.71. The van der Waals surface area contributed by atoms with Gasteiger partial charge in [-0.3, -0.25) is 9.79 Å². The maximum absolute atomic E-state index is 11.7. The Morgan fingerprint density at radius 2 is 1.60 bits per heavy atom. The number of rotatable bonds is 10. The lowest BCUT2D eigenvalue weighted by atomic mass is 9.92. The number of nitrogens with one attached hydrogen (secondary N) is 3. The van der Waals surface area contributed by atoms with E-state index in [2.05, 4.69) is 71.4 Å². The van der Waals surface area contributed by atoms with Crippen LogP contribution in [0.4, 0.5) is 0 Å². The summed E-state index contributed by atoms with van der Waals surface area (Å²) < 4.78 is 0. The summed E-state index contributed by atoms with van der Waals surface area (Å²) in [6, 6.07) is 21.1. The zero-order valence-electron chi connectivity index (χ0n) is 17.6. The third-order valence-corrected chi connectivity index (χ3v) is 5.07. The molecule has 1 aliphatic carbocycles. The standard InChI is InChI=1S/C24H32N4O.HI/c1-2-25-24(27-16-15-26-23(29)21-13-14-21)28-18-22(20-11-7-4-8-12-20)17-19-9-5-3-6-10-19;/h3-12,21-22H,2,13-18H2,1H3,(H,26,29)(H2,25,27,28);1H. The van der Waals surface area contributed by atoms with Crippen molar-refractivity contribution in [2.24, 2.45) is 10.9 Å². The van der Waals surface area contributed by atoms with Gasteiger partial charge < -0.3 is 16.0 Å². The number of nitrogens with zero attached hydrogens (tertiary/aromatic N) is 1. The molecule has 6 heteroatoms. The fourth-order valence-corrected chi connectivity index (χ4v) is 3.31. The number of halogens is 1. The Kier molecular flexibility index (Phi) is 10.7. The lowest BCUT2D eigenvalue weighted by Crippen LogP contribution is -2.42. The van der Waals surface area contributed by atoms with Crippen molar-refractivity contribution in [2.45, 2.75) is 32.1 Å². The van der Waals surface area contributed by atoms with Crippen LogP contribution in [0.15, 0.2) is 65.7 Å². The number of hydrogen-bond acceptors (Lipinski definition) is 2. The van der Waals surface area contributed by atoms with E-state index in [1.165, 1.54) is 11.1 Å². The second-order valence-corrected chi connectivity index (χ2v) is 7.51. The molecule has 0 bridgehead atoms. The average Bonchev–Trinajstić information content (AvgIpc) is 3.60. The molecule has 1 saturated carbocycles. The Morgan fingerprint density at radius 3 is 2.23 bits per heavy atom. The molecule has 3 rings (SSSR count). The molecular formula is C24H33IN4O. The minimum absolute atomic E-state index is 0. The van der Waals surface area contributed by atoms with Crippen LogP contribution in [0.3, 0.4) is 0 Å². The molecule has 2 aromatic carbocycles. The third-order valence-electron chi connectivity index (χ3n) is 5.07. The first kappa shape index (κ1) is 24.2. The summed E-state index contributed by atoms with van der Waals surface area (Å²) in [6.45, 7) is 4.84. The van der Waals surface area contributed by atoms with Crippen molar-refractivity contribution < 1.29 is 4.79 Å². The van der Waals surface area contributed by atoms with E-state index in [1.54, 1.807) is 0 Å². The molecule has 1 atom stereocenters. The molecule has 162 valence electrons. The van der Waals surface area contributed by atoms with E-state index in [-0.39, 0.29) is 35.8 Å². The number of aliphatic imine (C=N–C) groups is 1. The highest BCUT2D eigenvalue weighted by Crippen LogP contribution is 2.28. The van der Waals surface area contributed by atoms with Gasteiger partial charge in [0.25, 0.3) is 0 Å². The van der Waals surface area contributed by atoms with Gasteiger partial charge in [0, 0.05) is 38.0 Å². The lowest BCUT2D eigenvalue weighted by molar-refractivity contribution is -0.122. The summed E-state index contributed by atoms with van der Waals surface area (Å²) in [6.07, 6.45) is 3.02. The Morgan fingerprint density at radius 1 is 0.967 bits per heavy atom. The van der Waals surface area contributed by atoms with Gasteiger partial charge in [-0.1, -0.05) is 60.7 Å². The first-order chi connectivity index (χ1) is 14.3. The third kappa shape index (κ3) is 8.34. The van der Waals surface area contributed by atoms with Gasteiger partial charge in [0.1, 0.15) is 0 Å². The monoisotopic (exact) mass is 520 g/mol.